The van der Waals surface area contributed by atoms with E-state index >= 15 is 0 Å². The molecule has 108 valence electrons. The van der Waals surface area contributed by atoms with Crippen LogP contribution in [0.5, 0.6) is 0 Å². The summed E-state index contributed by atoms with van der Waals surface area (Å²) in [5.41, 5.74) is 4.14. The van der Waals surface area contributed by atoms with E-state index in [1.54, 1.807) is 6.08 Å². The lowest BCUT2D eigenvalue weighted by Crippen LogP contribution is -2.54. The fraction of sp³-hybridized carbons (Fsp3) is 0.700. The number of nitrogens with two attached hydrogens (primary N) is 1. The molecule has 1 fully saturated rings. The third-order valence-corrected chi connectivity index (χ3v) is 4.12. The lowest BCUT2D eigenvalue weighted by molar-refractivity contribution is -0.118. The maximum absolute atomic E-state index is 11.8. The van der Waals surface area contributed by atoms with E-state index in [1.807, 2.05) is 0 Å². The van der Waals surface area contributed by atoms with Gasteiger partial charge in [0.2, 0.25) is 0 Å². The first-order valence-electron chi connectivity index (χ1n) is 5.64. The molecule has 2 rings (SSSR count). The number of nitrogens with zero attached hydrogens (tertiary/aromatic N) is 1. The highest BCUT2D eigenvalue weighted by Gasteiger charge is 2.56. The molecule has 2 aliphatic rings. The standard InChI is InChI=1S/C10H15Cl2N3O4/c11-3-10(4-16)7(17)6(12)8(19-10)15-2-1-5(13)14-9(15)18/h1-2,5-8,16-17H,3-4,13H2,(H,14,18)/t5?,6-,7+,8-,10-/m1/s1. The van der Waals surface area contributed by atoms with Crippen molar-refractivity contribution in [2.75, 3.05) is 12.5 Å². The van der Waals surface area contributed by atoms with Crippen LogP contribution in [0, 0.1) is 0 Å². The fourth-order valence-corrected chi connectivity index (χ4v) is 2.74. The van der Waals surface area contributed by atoms with Gasteiger partial charge in [0.1, 0.15) is 17.1 Å². The predicted octanol–water partition coefficient (Wildman–Crippen LogP) is -0.895. The van der Waals surface area contributed by atoms with Crippen LogP contribution in [0.1, 0.15) is 0 Å². The van der Waals surface area contributed by atoms with Crippen molar-refractivity contribution >= 4 is 29.2 Å². The first-order chi connectivity index (χ1) is 8.95. The van der Waals surface area contributed by atoms with E-state index in [1.165, 1.54) is 11.1 Å². The van der Waals surface area contributed by atoms with Gasteiger partial charge < -0.3 is 26.0 Å². The van der Waals surface area contributed by atoms with Crippen molar-refractivity contribution in [2.24, 2.45) is 5.73 Å². The second kappa shape index (κ2) is 5.43. The van der Waals surface area contributed by atoms with Crippen LogP contribution in [-0.2, 0) is 4.74 Å². The van der Waals surface area contributed by atoms with Crippen LogP contribution in [0.4, 0.5) is 4.79 Å². The fourth-order valence-electron chi connectivity index (χ4n) is 2.03. The number of carbonyl (C=O) groups is 1. The molecule has 0 spiro atoms. The van der Waals surface area contributed by atoms with Crippen LogP contribution >= 0.6 is 23.2 Å². The molecule has 0 aromatic heterocycles. The molecule has 1 unspecified atom stereocenters. The lowest BCUT2D eigenvalue weighted by atomic mass is 10.00. The van der Waals surface area contributed by atoms with Gasteiger partial charge in [0.15, 0.2) is 6.23 Å². The highest BCUT2D eigenvalue weighted by Crippen LogP contribution is 2.37. The summed E-state index contributed by atoms with van der Waals surface area (Å²) in [6.45, 7) is -0.504. The maximum atomic E-state index is 11.8. The zero-order valence-corrected chi connectivity index (χ0v) is 11.4. The zero-order chi connectivity index (χ0) is 14.2. The molecule has 19 heavy (non-hydrogen) atoms. The van der Waals surface area contributed by atoms with Crippen LogP contribution in [0.3, 0.4) is 0 Å². The monoisotopic (exact) mass is 311 g/mol. The summed E-state index contributed by atoms with van der Waals surface area (Å²) in [4.78, 5) is 13.0. The van der Waals surface area contributed by atoms with E-state index in [0.717, 1.165) is 0 Å². The predicted molar refractivity (Wildman–Crippen MR) is 68.5 cm³/mol. The number of carbonyl (C=O) groups excluding carboxylic acids is 1. The molecule has 0 aromatic carbocycles. The van der Waals surface area contributed by atoms with Gasteiger partial charge >= 0.3 is 6.03 Å². The molecule has 0 aromatic rings. The van der Waals surface area contributed by atoms with Crippen LogP contribution in [-0.4, -0.2) is 63.1 Å². The largest absolute Gasteiger partial charge is 0.393 e. The van der Waals surface area contributed by atoms with Crippen molar-refractivity contribution in [1.29, 1.82) is 0 Å². The molecule has 5 atom stereocenters. The minimum Gasteiger partial charge on any atom is -0.393 e. The topological polar surface area (TPSA) is 108 Å². The van der Waals surface area contributed by atoms with Crippen LogP contribution in [0.2, 0.25) is 0 Å². The third kappa shape index (κ3) is 2.42. The first kappa shape index (κ1) is 14.8. The van der Waals surface area contributed by atoms with E-state index in [-0.39, 0.29) is 5.88 Å². The molecule has 0 aliphatic carbocycles. The van der Waals surface area contributed by atoms with Crippen molar-refractivity contribution in [3.05, 3.63) is 12.3 Å². The van der Waals surface area contributed by atoms with Crippen molar-refractivity contribution in [3.63, 3.8) is 0 Å². The summed E-state index contributed by atoms with van der Waals surface area (Å²) < 4.78 is 5.53. The SMILES string of the molecule is NC1C=CN([C@@H]2O[C@@](CO)(CCl)[C@@H](O)[C@H]2Cl)C(=O)N1. The number of hydrogen-bond acceptors (Lipinski definition) is 5. The quantitative estimate of drug-likeness (QED) is 0.505. The molecule has 1 saturated heterocycles. The summed E-state index contributed by atoms with van der Waals surface area (Å²) in [5.74, 6) is -0.150. The van der Waals surface area contributed by atoms with Gasteiger partial charge in [-0.05, 0) is 6.08 Å². The molecular formula is C10H15Cl2N3O4. The second-order valence-corrected chi connectivity index (χ2v) is 5.25. The van der Waals surface area contributed by atoms with E-state index in [0.29, 0.717) is 0 Å². The number of urea groups is 1. The first-order valence-corrected chi connectivity index (χ1v) is 6.62. The lowest BCUT2D eigenvalue weighted by Gasteiger charge is -2.32. The minimum absolute atomic E-state index is 0.150. The number of amides is 2. The molecule has 5 N–H and O–H groups in total. The number of ether oxygens (including phenoxy) is 1. The Morgan fingerprint density at radius 1 is 1.63 bits per heavy atom. The van der Waals surface area contributed by atoms with E-state index in [9.17, 15) is 15.0 Å². The Morgan fingerprint density at radius 3 is 2.79 bits per heavy atom. The number of aliphatic hydroxyl groups is 2. The van der Waals surface area contributed by atoms with Gasteiger partial charge in [-0.15, -0.1) is 23.2 Å². The Hall–Kier alpha value is -0.570. The summed E-state index contributed by atoms with van der Waals surface area (Å²) in [7, 11) is 0. The van der Waals surface area contributed by atoms with E-state index < -0.39 is 42.1 Å². The number of nitrogens with one attached hydrogen (secondary N) is 1. The number of hydrogen-bond donors (Lipinski definition) is 4. The Bertz CT molecular complexity index is 391. The highest BCUT2D eigenvalue weighted by atomic mass is 35.5. The third-order valence-electron chi connectivity index (χ3n) is 3.22. The molecule has 0 saturated carbocycles. The Balaban J connectivity index is 2.23. The van der Waals surface area contributed by atoms with Crippen molar-refractivity contribution in [2.45, 2.75) is 29.5 Å². The van der Waals surface area contributed by atoms with E-state index in [4.69, 9.17) is 33.7 Å². The van der Waals surface area contributed by atoms with Crippen LogP contribution in [0.25, 0.3) is 0 Å². The highest BCUT2D eigenvalue weighted by molar-refractivity contribution is 6.22. The Kier molecular flexibility index (Phi) is 4.24. The average molecular weight is 312 g/mol. The molecule has 7 nitrogen and oxygen atoms in total. The zero-order valence-electron chi connectivity index (χ0n) is 9.87. The molecule has 9 heteroatoms. The van der Waals surface area contributed by atoms with E-state index in [2.05, 4.69) is 5.32 Å². The van der Waals surface area contributed by atoms with Crippen molar-refractivity contribution in [3.8, 4) is 0 Å². The van der Waals surface area contributed by atoms with Gasteiger partial charge in [-0.2, -0.15) is 0 Å². The molecule has 0 bridgehead atoms. The number of halogens is 2. The van der Waals surface area contributed by atoms with Gasteiger partial charge in [-0.3, -0.25) is 4.90 Å². The molecular weight excluding hydrogens is 297 g/mol. The number of aliphatic hydroxyl groups excluding tert-OH is 2. The van der Waals surface area contributed by atoms with Gasteiger partial charge in [0.05, 0.1) is 18.7 Å². The van der Waals surface area contributed by atoms with Crippen molar-refractivity contribution in [1.82, 2.24) is 10.2 Å². The summed E-state index contributed by atoms with van der Waals surface area (Å²) >= 11 is 11.8. The summed E-state index contributed by atoms with van der Waals surface area (Å²) in [5, 5.41) is 20.9. The molecule has 2 heterocycles. The number of rotatable bonds is 3. The molecule has 2 aliphatic heterocycles. The summed E-state index contributed by atoms with van der Waals surface area (Å²) in [6.07, 6.45) is 0.252. The summed E-state index contributed by atoms with van der Waals surface area (Å²) in [6, 6.07) is -0.499. The van der Waals surface area contributed by atoms with Crippen LogP contribution in [0.15, 0.2) is 12.3 Å². The van der Waals surface area contributed by atoms with Gasteiger partial charge in [-0.1, -0.05) is 0 Å². The van der Waals surface area contributed by atoms with Crippen molar-refractivity contribution < 1.29 is 19.7 Å². The average Bonchev–Trinajstić information content (AvgIpc) is 2.64. The number of alkyl halides is 2. The second-order valence-electron chi connectivity index (χ2n) is 4.48. The van der Waals surface area contributed by atoms with Gasteiger partial charge in [-0.25, -0.2) is 4.79 Å². The molecule has 0 radical (unpaired) electrons. The van der Waals surface area contributed by atoms with Gasteiger partial charge in [0, 0.05) is 6.20 Å². The maximum Gasteiger partial charge on any atom is 0.325 e. The Labute approximate surface area is 119 Å². The minimum atomic E-state index is -1.38. The molecule has 2 amide bonds. The Morgan fingerprint density at radius 2 is 2.32 bits per heavy atom. The smallest absolute Gasteiger partial charge is 0.325 e. The van der Waals surface area contributed by atoms with Crippen LogP contribution < -0.4 is 11.1 Å². The normalized spacial score (nSPS) is 42.6. The van der Waals surface area contributed by atoms with Gasteiger partial charge in [0.25, 0.3) is 0 Å².